The minimum absolute atomic E-state index is 0.0552. The lowest BCUT2D eigenvalue weighted by Crippen LogP contribution is -2.15. The average Bonchev–Trinajstić information content (AvgIpc) is 2.09. The maximum atomic E-state index is 12.6. The minimum Gasteiger partial charge on any atom is -0.475 e. The van der Waals surface area contributed by atoms with Crippen LogP contribution in [0.4, 0.5) is 4.39 Å². The van der Waals surface area contributed by atoms with E-state index in [4.69, 9.17) is 16.7 Å². The molecule has 0 aliphatic rings. The van der Waals surface area contributed by atoms with Gasteiger partial charge in [-0.05, 0) is 17.7 Å². The molecule has 0 aliphatic carbocycles. The second-order valence-electron chi connectivity index (χ2n) is 2.64. The molecule has 0 spiro atoms. The van der Waals surface area contributed by atoms with Crippen LogP contribution in [0.3, 0.4) is 0 Å². The zero-order valence-electron chi connectivity index (χ0n) is 6.96. The first-order valence-corrected chi connectivity index (χ1v) is 4.08. The van der Waals surface area contributed by atoms with Crippen LogP contribution in [0.5, 0.6) is 0 Å². The Bertz CT molecular complexity index is 390. The summed E-state index contributed by atoms with van der Waals surface area (Å²) in [7, 11) is 0. The van der Waals surface area contributed by atoms with Crippen molar-refractivity contribution in [3.05, 3.63) is 34.6 Å². The van der Waals surface area contributed by atoms with Gasteiger partial charge in [0.05, 0.1) is 0 Å². The van der Waals surface area contributed by atoms with Crippen molar-refractivity contribution in [3.8, 4) is 0 Å². The fourth-order valence-electron chi connectivity index (χ4n) is 0.914. The highest BCUT2D eigenvalue weighted by atomic mass is 35.5. The number of aliphatic carboxylic acids is 1. The van der Waals surface area contributed by atoms with E-state index in [1.807, 2.05) is 0 Å². The van der Waals surface area contributed by atoms with Crippen LogP contribution in [-0.2, 0) is 16.0 Å². The lowest BCUT2D eigenvalue weighted by atomic mass is 10.1. The third-order valence-electron chi connectivity index (χ3n) is 1.60. The number of ketones is 1. The van der Waals surface area contributed by atoms with Crippen LogP contribution in [-0.4, -0.2) is 16.9 Å². The van der Waals surface area contributed by atoms with Gasteiger partial charge in [0.2, 0.25) is 5.78 Å². The monoisotopic (exact) mass is 216 g/mol. The van der Waals surface area contributed by atoms with Crippen molar-refractivity contribution in [3.63, 3.8) is 0 Å². The number of hydrogen-bond acceptors (Lipinski definition) is 2. The first-order chi connectivity index (χ1) is 6.50. The predicted molar refractivity (Wildman–Crippen MR) is 47.8 cm³/mol. The molecule has 0 aliphatic heterocycles. The summed E-state index contributed by atoms with van der Waals surface area (Å²) in [5.41, 5.74) is 0.306. The molecule has 0 unspecified atom stereocenters. The number of carbonyl (C=O) groups is 2. The van der Waals surface area contributed by atoms with Crippen LogP contribution in [0, 0.1) is 5.82 Å². The zero-order chi connectivity index (χ0) is 10.7. The number of rotatable bonds is 3. The van der Waals surface area contributed by atoms with Gasteiger partial charge >= 0.3 is 5.97 Å². The lowest BCUT2D eigenvalue weighted by molar-refractivity contribution is -0.148. The molecule has 0 heterocycles. The highest BCUT2D eigenvalue weighted by Gasteiger charge is 2.14. The Hall–Kier alpha value is -1.42. The van der Waals surface area contributed by atoms with Crippen molar-refractivity contribution in [2.75, 3.05) is 0 Å². The van der Waals surface area contributed by atoms with Gasteiger partial charge < -0.3 is 5.11 Å². The molecule has 1 aromatic carbocycles. The molecule has 1 N–H and O–H groups in total. The van der Waals surface area contributed by atoms with E-state index < -0.39 is 17.6 Å². The van der Waals surface area contributed by atoms with Crippen molar-refractivity contribution in [2.45, 2.75) is 6.42 Å². The summed E-state index contributed by atoms with van der Waals surface area (Å²) in [6, 6.07) is 3.45. The Morgan fingerprint density at radius 2 is 2.07 bits per heavy atom. The number of carbonyl (C=O) groups excluding carboxylic acids is 1. The van der Waals surface area contributed by atoms with Crippen molar-refractivity contribution in [1.82, 2.24) is 0 Å². The van der Waals surface area contributed by atoms with Crippen LogP contribution < -0.4 is 0 Å². The van der Waals surface area contributed by atoms with Gasteiger partial charge in [0.15, 0.2) is 0 Å². The summed E-state index contributed by atoms with van der Waals surface area (Å²) in [5, 5.41) is 8.38. The largest absolute Gasteiger partial charge is 0.475 e. The summed E-state index contributed by atoms with van der Waals surface area (Å²) in [6.07, 6.45) is -0.325. The van der Waals surface area contributed by atoms with Gasteiger partial charge in [-0.3, -0.25) is 4.79 Å². The van der Waals surface area contributed by atoms with E-state index >= 15 is 0 Å². The Balaban J connectivity index is 2.87. The number of halogens is 2. The molecule has 3 nitrogen and oxygen atoms in total. The molecule has 0 bridgehead atoms. The van der Waals surface area contributed by atoms with Crippen LogP contribution in [0.25, 0.3) is 0 Å². The number of hydrogen-bond donors (Lipinski definition) is 1. The summed E-state index contributed by atoms with van der Waals surface area (Å²) in [6.45, 7) is 0. The first kappa shape index (κ1) is 10.7. The lowest BCUT2D eigenvalue weighted by Gasteiger charge is -2.00. The van der Waals surface area contributed by atoms with Gasteiger partial charge in [-0.15, -0.1) is 0 Å². The second kappa shape index (κ2) is 4.19. The molecular weight excluding hydrogens is 211 g/mol. The van der Waals surface area contributed by atoms with Gasteiger partial charge in [0, 0.05) is 11.4 Å². The summed E-state index contributed by atoms with van der Waals surface area (Å²) >= 11 is 5.59. The van der Waals surface area contributed by atoms with Gasteiger partial charge in [0.1, 0.15) is 5.82 Å². The van der Waals surface area contributed by atoms with Gasteiger partial charge in [-0.25, -0.2) is 9.18 Å². The van der Waals surface area contributed by atoms with Gasteiger partial charge in [0.25, 0.3) is 0 Å². The summed E-state index contributed by atoms with van der Waals surface area (Å²) in [4.78, 5) is 21.0. The highest BCUT2D eigenvalue weighted by molar-refractivity contribution is 6.35. The fourth-order valence-corrected chi connectivity index (χ4v) is 1.15. The van der Waals surface area contributed by atoms with Crippen molar-refractivity contribution >= 4 is 23.4 Å². The first-order valence-electron chi connectivity index (χ1n) is 3.70. The Morgan fingerprint density at radius 1 is 1.43 bits per heavy atom. The smallest absolute Gasteiger partial charge is 0.372 e. The Morgan fingerprint density at radius 3 is 2.57 bits per heavy atom. The standard InChI is InChI=1S/C9H6ClFO3/c10-7-4-6(11)2-1-5(7)3-8(12)9(13)14/h1-2,4H,3H2,(H,13,14). The minimum atomic E-state index is -1.52. The topological polar surface area (TPSA) is 54.4 Å². The van der Waals surface area contributed by atoms with Crippen LogP contribution in [0.2, 0.25) is 5.02 Å². The highest BCUT2D eigenvalue weighted by Crippen LogP contribution is 2.17. The quantitative estimate of drug-likeness (QED) is 0.782. The average molecular weight is 217 g/mol. The van der Waals surface area contributed by atoms with E-state index in [-0.39, 0.29) is 11.4 Å². The third kappa shape index (κ3) is 2.53. The predicted octanol–water partition coefficient (Wildman–Crippen LogP) is 1.68. The summed E-state index contributed by atoms with van der Waals surface area (Å²) < 4.78 is 12.6. The maximum Gasteiger partial charge on any atom is 0.372 e. The summed E-state index contributed by atoms with van der Waals surface area (Å²) in [5.74, 6) is -3.02. The maximum absolute atomic E-state index is 12.6. The van der Waals surface area contributed by atoms with E-state index in [0.29, 0.717) is 5.56 Å². The molecule has 1 rings (SSSR count). The fraction of sp³-hybridized carbons (Fsp3) is 0.111. The molecule has 0 radical (unpaired) electrons. The SMILES string of the molecule is O=C(O)C(=O)Cc1ccc(F)cc1Cl. The van der Waals surface area contributed by atoms with Gasteiger partial charge in [-0.2, -0.15) is 0 Å². The molecule has 0 saturated heterocycles. The van der Waals surface area contributed by atoms with Crippen molar-refractivity contribution in [2.24, 2.45) is 0 Å². The zero-order valence-corrected chi connectivity index (χ0v) is 7.71. The molecule has 0 atom stereocenters. The van der Waals surface area contributed by atoms with Crippen molar-refractivity contribution in [1.29, 1.82) is 0 Å². The van der Waals surface area contributed by atoms with E-state index in [9.17, 15) is 14.0 Å². The molecule has 5 heteroatoms. The molecule has 1 aromatic rings. The number of carboxylic acids is 1. The molecule has 0 saturated carbocycles. The van der Waals surface area contributed by atoms with Crippen molar-refractivity contribution < 1.29 is 19.1 Å². The molecule has 0 aromatic heterocycles. The third-order valence-corrected chi connectivity index (χ3v) is 1.96. The Labute approximate surface area is 84.1 Å². The normalized spacial score (nSPS) is 9.86. The molecule has 14 heavy (non-hydrogen) atoms. The van der Waals surface area contributed by atoms with Crippen LogP contribution >= 0.6 is 11.6 Å². The molecule has 74 valence electrons. The van der Waals surface area contributed by atoms with E-state index in [0.717, 1.165) is 12.1 Å². The van der Waals surface area contributed by atoms with E-state index in [1.165, 1.54) is 6.07 Å². The van der Waals surface area contributed by atoms with Gasteiger partial charge in [-0.1, -0.05) is 17.7 Å². The molecule has 0 fully saturated rings. The molecule has 0 amide bonds. The number of benzene rings is 1. The van der Waals surface area contributed by atoms with Crippen LogP contribution in [0.15, 0.2) is 18.2 Å². The van der Waals surface area contributed by atoms with E-state index in [1.54, 1.807) is 0 Å². The van der Waals surface area contributed by atoms with E-state index in [2.05, 4.69) is 0 Å². The van der Waals surface area contributed by atoms with Crippen LogP contribution in [0.1, 0.15) is 5.56 Å². The number of carboxylic acid groups (broad SMARTS) is 1. The second-order valence-corrected chi connectivity index (χ2v) is 3.05. The Kier molecular flexibility index (Phi) is 3.19. The molecular formula is C9H6ClFO3. The number of Topliss-reactive ketones (excluding diaryl/α,β-unsaturated/α-hetero) is 1.